The van der Waals surface area contributed by atoms with Crippen LogP contribution in [0.3, 0.4) is 0 Å². The average Bonchev–Trinajstić information content (AvgIpc) is 3.18. The zero-order valence-electron chi connectivity index (χ0n) is 18.2. The number of aromatic nitrogens is 2. The van der Waals surface area contributed by atoms with Gasteiger partial charge in [-0.25, -0.2) is 4.68 Å². The molecule has 162 valence electrons. The van der Waals surface area contributed by atoms with E-state index >= 15 is 0 Å². The second-order valence-electron chi connectivity index (χ2n) is 7.75. The van der Waals surface area contributed by atoms with Gasteiger partial charge in [0.05, 0.1) is 33.7 Å². The molecule has 0 saturated heterocycles. The van der Waals surface area contributed by atoms with Gasteiger partial charge in [0.15, 0.2) is 0 Å². The van der Waals surface area contributed by atoms with Gasteiger partial charge in [-0.3, -0.25) is 9.59 Å². The van der Waals surface area contributed by atoms with Crippen molar-refractivity contribution in [1.29, 1.82) is 0 Å². The number of nitrogens with one attached hydrogen (secondary N) is 2. The molecule has 0 aliphatic heterocycles. The summed E-state index contributed by atoms with van der Waals surface area (Å²) in [7, 11) is 0. The van der Waals surface area contributed by atoms with E-state index < -0.39 is 0 Å². The van der Waals surface area contributed by atoms with Crippen LogP contribution in [0, 0.1) is 6.92 Å². The van der Waals surface area contributed by atoms with Crippen molar-refractivity contribution in [1.82, 2.24) is 15.1 Å². The first-order valence-electron chi connectivity index (χ1n) is 10.4. The van der Waals surface area contributed by atoms with E-state index in [4.69, 9.17) is 11.6 Å². The number of nitrogens with zero attached hydrogens (tertiary/aromatic N) is 2. The van der Waals surface area contributed by atoms with E-state index in [0.29, 0.717) is 23.4 Å². The molecule has 3 aromatic rings. The lowest BCUT2D eigenvalue weighted by atomic mass is 10.0. The smallest absolute Gasteiger partial charge is 0.259 e. The molecule has 0 aliphatic carbocycles. The molecule has 1 aromatic heterocycles. The second-order valence-corrected chi connectivity index (χ2v) is 8.16. The minimum atomic E-state index is -0.277. The summed E-state index contributed by atoms with van der Waals surface area (Å²) in [6.07, 6.45) is 2.42. The molecule has 2 amide bonds. The standard InChI is InChI=1S/C24H27ClN4O2/c1-5-12-26-23(30)19-11-8-17(13-21(19)25)28-24(31)20-14-27-29(22(20)15(2)3)18-9-6-16(4)7-10-18/h6-11,13-15H,5,12H2,1-4H3,(H,26,30)(H,28,31). The predicted molar refractivity (Wildman–Crippen MR) is 124 cm³/mol. The molecule has 0 unspecified atom stereocenters. The van der Waals surface area contributed by atoms with Crippen molar-refractivity contribution in [3.63, 3.8) is 0 Å². The Labute approximate surface area is 187 Å². The largest absolute Gasteiger partial charge is 0.352 e. The second kappa shape index (κ2) is 9.79. The van der Waals surface area contributed by atoms with E-state index in [1.165, 1.54) is 0 Å². The van der Waals surface area contributed by atoms with Gasteiger partial charge >= 0.3 is 0 Å². The zero-order valence-corrected chi connectivity index (χ0v) is 19.0. The summed E-state index contributed by atoms with van der Waals surface area (Å²) in [5.74, 6) is -0.426. The highest BCUT2D eigenvalue weighted by Crippen LogP contribution is 2.26. The minimum absolute atomic E-state index is 0.0813. The van der Waals surface area contributed by atoms with Gasteiger partial charge in [-0.05, 0) is 49.6 Å². The van der Waals surface area contributed by atoms with Crippen LogP contribution in [-0.4, -0.2) is 28.1 Å². The van der Waals surface area contributed by atoms with Gasteiger partial charge in [-0.2, -0.15) is 5.10 Å². The average molecular weight is 439 g/mol. The fourth-order valence-electron chi connectivity index (χ4n) is 3.29. The van der Waals surface area contributed by atoms with E-state index in [2.05, 4.69) is 15.7 Å². The van der Waals surface area contributed by atoms with E-state index in [1.54, 1.807) is 29.1 Å². The topological polar surface area (TPSA) is 76.0 Å². The number of aryl methyl sites for hydroxylation is 1. The van der Waals surface area contributed by atoms with Gasteiger partial charge in [0.1, 0.15) is 0 Å². The number of amides is 2. The third kappa shape index (κ3) is 5.14. The lowest BCUT2D eigenvalue weighted by Gasteiger charge is -2.13. The summed E-state index contributed by atoms with van der Waals surface area (Å²) in [4.78, 5) is 25.2. The lowest BCUT2D eigenvalue weighted by Crippen LogP contribution is -2.24. The van der Waals surface area contributed by atoms with Crippen LogP contribution >= 0.6 is 11.6 Å². The summed E-state index contributed by atoms with van der Waals surface area (Å²) in [5, 5.41) is 10.4. The van der Waals surface area contributed by atoms with Gasteiger partial charge in [-0.15, -0.1) is 0 Å². The highest BCUT2D eigenvalue weighted by atomic mass is 35.5. The SMILES string of the molecule is CCCNC(=O)c1ccc(NC(=O)c2cnn(-c3ccc(C)cc3)c2C(C)C)cc1Cl. The number of carbonyl (C=O) groups is 2. The number of hydrogen-bond donors (Lipinski definition) is 2. The van der Waals surface area contributed by atoms with E-state index in [1.807, 2.05) is 52.0 Å². The Kier molecular flexibility index (Phi) is 7.13. The third-order valence-corrected chi connectivity index (χ3v) is 5.20. The van der Waals surface area contributed by atoms with Crippen molar-refractivity contribution >= 4 is 29.1 Å². The first kappa shape index (κ1) is 22.6. The van der Waals surface area contributed by atoms with Crippen LogP contribution in [0.25, 0.3) is 5.69 Å². The molecule has 2 N–H and O–H groups in total. The van der Waals surface area contributed by atoms with E-state index in [0.717, 1.165) is 23.4 Å². The molecule has 0 aliphatic rings. The maximum atomic E-state index is 13.0. The Morgan fingerprint density at radius 2 is 1.77 bits per heavy atom. The Hall–Kier alpha value is -3.12. The number of hydrogen-bond acceptors (Lipinski definition) is 3. The van der Waals surface area contributed by atoms with Gasteiger partial charge < -0.3 is 10.6 Å². The molecule has 0 bridgehead atoms. The van der Waals surface area contributed by atoms with E-state index in [9.17, 15) is 9.59 Å². The first-order valence-corrected chi connectivity index (χ1v) is 10.7. The molecule has 1 heterocycles. The van der Waals surface area contributed by atoms with Crippen molar-refractivity contribution < 1.29 is 9.59 Å². The molecule has 31 heavy (non-hydrogen) atoms. The highest BCUT2D eigenvalue weighted by molar-refractivity contribution is 6.34. The van der Waals surface area contributed by atoms with Crippen LogP contribution in [0.15, 0.2) is 48.7 Å². The van der Waals surface area contributed by atoms with Crippen molar-refractivity contribution in [2.45, 2.75) is 40.0 Å². The van der Waals surface area contributed by atoms with Gasteiger partial charge in [-0.1, -0.05) is 50.1 Å². The van der Waals surface area contributed by atoms with Crippen molar-refractivity contribution in [3.05, 3.63) is 76.1 Å². The van der Waals surface area contributed by atoms with Crippen molar-refractivity contribution in [2.75, 3.05) is 11.9 Å². The first-order chi connectivity index (χ1) is 14.8. The number of rotatable bonds is 7. The minimum Gasteiger partial charge on any atom is -0.352 e. The van der Waals surface area contributed by atoms with Gasteiger partial charge in [0.25, 0.3) is 11.8 Å². The summed E-state index contributed by atoms with van der Waals surface area (Å²) < 4.78 is 1.80. The van der Waals surface area contributed by atoms with Gasteiger partial charge in [0, 0.05) is 12.2 Å². The van der Waals surface area contributed by atoms with Crippen LogP contribution in [0.1, 0.15) is 65.1 Å². The monoisotopic (exact) mass is 438 g/mol. The fraction of sp³-hybridized carbons (Fsp3) is 0.292. The normalized spacial score (nSPS) is 10.9. The molecule has 2 aromatic carbocycles. The molecular formula is C24H27ClN4O2. The van der Waals surface area contributed by atoms with Crippen LogP contribution < -0.4 is 10.6 Å². The molecular weight excluding hydrogens is 412 g/mol. The van der Waals surface area contributed by atoms with Crippen molar-refractivity contribution in [3.8, 4) is 5.69 Å². The summed E-state index contributed by atoms with van der Waals surface area (Å²) in [6.45, 7) is 8.64. The number of halogens is 1. The number of carbonyl (C=O) groups excluding carboxylic acids is 2. The van der Waals surface area contributed by atoms with Crippen LogP contribution in [0.2, 0.25) is 5.02 Å². The molecule has 3 rings (SSSR count). The van der Waals surface area contributed by atoms with Crippen LogP contribution in [0.5, 0.6) is 0 Å². The van der Waals surface area contributed by atoms with Crippen LogP contribution in [-0.2, 0) is 0 Å². The third-order valence-electron chi connectivity index (χ3n) is 4.88. The van der Waals surface area contributed by atoms with Crippen molar-refractivity contribution in [2.24, 2.45) is 0 Å². The number of benzene rings is 2. The highest BCUT2D eigenvalue weighted by Gasteiger charge is 2.21. The Morgan fingerprint density at radius 3 is 2.39 bits per heavy atom. The maximum Gasteiger partial charge on any atom is 0.259 e. The Bertz CT molecular complexity index is 1090. The van der Waals surface area contributed by atoms with Crippen LogP contribution in [0.4, 0.5) is 5.69 Å². The molecule has 0 radical (unpaired) electrons. The molecule has 7 heteroatoms. The predicted octanol–water partition coefficient (Wildman–Crippen LogP) is 5.35. The molecule has 0 fully saturated rings. The summed E-state index contributed by atoms with van der Waals surface area (Å²) >= 11 is 6.28. The Balaban J connectivity index is 1.84. The molecule has 0 spiro atoms. The number of anilines is 1. The quantitative estimate of drug-likeness (QED) is 0.522. The van der Waals surface area contributed by atoms with E-state index in [-0.39, 0.29) is 22.8 Å². The zero-order chi connectivity index (χ0) is 22.5. The maximum absolute atomic E-state index is 13.0. The summed E-state index contributed by atoms with van der Waals surface area (Å²) in [6, 6.07) is 12.9. The summed E-state index contributed by atoms with van der Waals surface area (Å²) in [5.41, 5.74) is 4.27. The van der Waals surface area contributed by atoms with Gasteiger partial charge in [0.2, 0.25) is 0 Å². The molecule has 0 atom stereocenters. The molecule has 0 saturated carbocycles. The molecule has 6 nitrogen and oxygen atoms in total. The Morgan fingerprint density at radius 1 is 1.06 bits per heavy atom. The fourth-order valence-corrected chi connectivity index (χ4v) is 3.56. The lowest BCUT2D eigenvalue weighted by molar-refractivity contribution is 0.0953.